The zero-order valence-electron chi connectivity index (χ0n) is 16.4. The average Bonchev–Trinajstić information content (AvgIpc) is 2.65. The van der Waals surface area contributed by atoms with Crippen LogP contribution in [0, 0.1) is 0 Å². The molecule has 1 aromatic rings. The van der Waals surface area contributed by atoms with Crippen LogP contribution >= 0.6 is 0 Å². The van der Waals surface area contributed by atoms with Gasteiger partial charge in [-0.3, -0.25) is 19.2 Å². The first-order chi connectivity index (χ1) is 12.8. The van der Waals surface area contributed by atoms with Gasteiger partial charge in [-0.2, -0.15) is 5.48 Å². The molecule has 2 amide bonds. The smallest absolute Gasteiger partial charge is 0.249 e. The Labute approximate surface area is 160 Å². The lowest BCUT2D eigenvalue weighted by molar-refractivity contribution is -0.139. The lowest BCUT2D eigenvalue weighted by Crippen LogP contribution is -2.45. The van der Waals surface area contributed by atoms with Gasteiger partial charge >= 0.3 is 0 Å². The Hall–Kier alpha value is -2.29. The van der Waals surface area contributed by atoms with Gasteiger partial charge in [-0.05, 0) is 18.9 Å². The van der Waals surface area contributed by atoms with Crippen LogP contribution in [0.2, 0.25) is 0 Å². The highest BCUT2D eigenvalue weighted by Crippen LogP contribution is 2.14. The molecule has 0 heterocycles. The van der Waals surface area contributed by atoms with E-state index >= 15 is 0 Å². The van der Waals surface area contributed by atoms with E-state index in [2.05, 4.69) is 10.8 Å². The first-order valence-corrected chi connectivity index (χ1v) is 9.01. The van der Waals surface area contributed by atoms with Gasteiger partial charge in [0.1, 0.15) is 12.1 Å². The minimum absolute atomic E-state index is 0.204. The number of hydrogen-bond acceptors (Lipinski definition) is 6. The number of likely N-dealkylation sites (N-methyl/N-ethyl adjacent to an activating group) is 1. The predicted octanol–water partition coefficient (Wildman–Crippen LogP) is 0.538. The van der Waals surface area contributed by atoms with Gasteiger partial charge in [0.25, 0.3) is 0 Å². The van der Waals surface area contributed by atoms with Crippen molar-refractivity contribution in [2.24, 2.45) is 5.73 Å². The molecule has 0 fully saturated rings. The Kier molecular flexibility index (Phi) is 9.63. The quantitative estimate of drug-likeness (QED) is 0.484. The van der Waals surface area contributed by atoms with E-state index < -0.39 is 24.1 Å². The molecule has 1 rings (SSSR count). The summed E-state index contributed by atoms with van der Waals surface area (Å²) < 4.78 is 0. The Morgan fingerprint density at radius 2 is 1.81 bits per heavy atom. The fourth-order valence-electron chi connectivity index (χ4n) is 2.45. The SMILES string of the molecule is CCCC(N)C(=O)C(C)ONCC(=O)N[C@H](C(=O)N(C)C)c1ccccc1. The van der Waals surface area contributed by atoms with Crippen molar-refractivity contribution in [2.45, 2.75) is 44.9 Å². The van der Waals surface area contributed by atoms with Crippen molar-refractivity contribution in [3.05, 3.63) is 35.9 Å². The van der Waals surface area contributed by atoms with Crippen molar-refractivity contribution in [2.75, 3.05) is 20.6 Å². The summed E-state index contributed by atoms with van der Waals surface area (Å²) in [4.78, 5) is 43.2. The topological polar surface area (TPSA) is 114 Å². The third-order valence-corrected chi connectivity index (χ3v) is 3.98. The van der Waals surface area contributed by atoms with Crippen molar-refractivity contribution < 1.29 is 19.2 Å². The number of nitrogens with two attached hydrogens (primary N) is 1. The maximum Gasteiger partial charge on any atom is 0.249 e. The lowest BCUT2D eigenvalue weighted by atomic mass is 10.1. The van der Waals surface area contributed by atoms with Gasteiger partial charge in [-0.25, -0.2) is 0 Å². The van der Waals surface area contributed by atoms with Crippen LogP contribution in [0.1, 0.15) is 38.3 Å². The zero-order chi connectivity index (χ0) is 20.4. The summed E-state index contributed by atoms with van der Waals surface area (Å²) in [5.74, 6) is -0.907. The van der Waals surface area contributed by atoms with E-state index in [1.807, 2.05) is 13.0 Å². The molecule has 0 aliphatic carbocycles. The first-order valence-electron chi connectivity index (χ1n) is 9.01. The third-order valence-electron chi connectivity index (χ3n) is 3.98. The number of carbonyl (C=O) groups excluding carboxylic acids is 3. The van der Waals surface area contributed by atoms with Crippen molar-refractivity contribution >= 4 is 17.6 Å². The lowest BCUT2D eigenvalue weighted by Gasteiger charge is -2.22. The number of ketones is 1. The molecule has 1 aromatic carbocycles. The number of hydroxylamine groups is 1. The van der Waals surface area contributed by atoms with Crippen molar-refractivity contribution in [3.8, 4) is 0 Å². The molecule has 0 aliphatic heterocycles. The van der Waals surface area contributed by atoms with Crippen LogP contribution in [0.3, 0.4) is 0 Å². The van der Waals surface area contributed by atoms with Crippen LogP contribution in [0.4, 0.5) is 0 Å². The van der Waals surface area contributed by atoms with Gasteiger partial charge < -0.3 is 16.0 Å². The second-order valence-corrected chi connectivity index (χ2v) is 6.52. The third kappa shape index (κ3) is 7.46. The van der Waals surface area contributed by atoms with E-state index in [-0.39, 0.29) is 18.2 Å². The molecule has 0 bridgehead atoms. The molecule has 150 valence electrons. The second kappa shape index (κ2) is 11.4. The second-order valence-electron chi connectivity index (χ2n) is 6.52. The Balaban J connectivity index is 2.57. The van der Waals surface area contributed by atoms with Gasteiger partial charge in [0, 0.05) is 14.1 Å². The number of amides is 2. The molecule has 0 saturated carbocycles. The maximum absolute atomic E-state index is 12.4. The van der Waals surface area contributed by atoms with Crippen LogP contribution in [0.15, 0.2) is 30.3 Å². The minimum Gasteiger partial charge on any atom is -0.347 e. The molecule has 8 heteroatoms. The minimum atomic E-state index is -0.799. The van der Waals surface area contributed by atoms with Crippen LogP contribution in [0.5, 0.6) is 0 Å². The average molecular weight is 378 g/mol. The van der Waals surface area contributed by atoms with Gasteiger partial charge in [0.15, 0.2) is 5.78 Å². The van der Waals surface area contributed by atoms with E-state index in [1.165, 1.54) is 4.90 Å². The maximum atomic E-state index is 12.4. The number of rotatable bonds is 11. The van der Waals surface area contributed by atoms with E-state index in [9.17, 15) is 14.4 Å². The van der Waals surface area contributed by atoms with Gasteiger partial charge in [0.2, 0.25) is 11.8 Å². The Morgan fingerprint density at radius 1 is 1.19 bits per heavy atom. The van der Waals surface area contributed by atoms with Crippen LogP contribution in [-0.2, 0) is 19.2 Å². The van der Waals surface area contributed by atoms with E-state index in [4.69, 9.17) is 10.6 Å². The van der Waals surface area contributed by atoms with E-state index in [1.54, 1.807) is 45.3 Å². The molecule has 2 unspecified atom stereocenters. The number of carbonyl (C=O) groups is 3. The zero-order valence-corrected chi connectivity index (χ0v) is 16.4. The molecule has 8 nitrogen and oxygen atoms in total. The van der Waals surface area contributed by atoms with Gasteiger partial charge in [-0.15, -0.1) is 0 Å². The Bertz CT molecular complexity index is 621. The first kappa shape index (κ1) is 22.8. The summed E-state index contributed by atoms with van der Waals surface area (Å²) in [6, 6.07) is 7.59. The molecule has 0 saturated heterocycles. The van der Waals surface area contributed by atoms with Gasteiger partial charge in [0.05, 0.1) is 12.6 Å². The van der Waals surface area contributed by atoms with Crippen molar-refractivity contribution in [3.63, 3.8) is 0 Å². The van der Waals surface area contributed by atoms with Gasteiger partial charge in [-0.1, -0.05) is 43.7 Å². The van der Waals surface area contributed by atoms with E-state index in [0.717, 1.165) is 6.42 Å². The molecule has 0 aliphatic rings. The molecule has 0 spiro atoms. The standard InChI is InChI=1S/C19H30N4O4/c1-5-9-15(20)18(25)13(2)27-21-12-16(24)22-17(19(26)23(3)4)14-10-7-6-8-11-14/h6-8,10-11,13,15,17,21H,5,9,12,20H2,1-4H3,(H,22,24)/t13?,15?,17-/m0/s1. The predicted molar refractivity (Wildman–Crippen MR) is 102 cm³/mol. The fourth-order valence-corrected chi connectivity index (χ4v) is 2.45. The molecule has 4 N–H and O–H groups in total. The summed E-state index contributed by atoms with van der Waals surface area (Å²) in [7, 11) is 3.25. The highest BCUT2D eigenvalue weighted by atomic mass is 16.7. The monoisotopic (exact) mass is 378 g/mol. The summed E-state index contributed by atoms with van der Waals surface area (Å²) in [5, 5.41) is 2.68. The van der Waals surface area contributed by atoms with Crippen LogP contribution in [-0.4, -0.2) is 55.3 Å². The van der Waals surface area contributed by atoms with Crippen LogP contribution < -0.4 is 16.5 Å². The summed E-state index contributed by atoms with van der Waals surface area (Å²) in [5.41, 5.74) is 8.93. The van der Waals surface area contributed by atoms with Crippen molar-refractivity contribution in [1.29, 1.82) is 0 Å². The number of hydrogen-bond donors (Lipinski definition) is 3. The summed E-state index contributed by atoms with van der Waals surface area (Å²) in [6.45, 7) is 3.31. The normalized spacial score (nSPS) is 14.1. The number of nitrogens with one attached hydrogen (secondary N) is 2. The number of nitrogens with zero attached hydrogens (tertiary/aromatic N) is 1. The number of benzene rings is 1. The molecular formula is C19H30N4O4. The fraction of sp³-hybridized carbons (Fsp3) is 0.526. The molecule has 27 heavy (non-hydrogen) atoms. The highest BCUT2D eigenvalue weighted by Gasteiger charge is 2.25. The molecular weight excluding hydrogens is 348 g/mol. The number of Topliss-reactive ketones (excluding diaryl/α,β-unsaturated/α-hetero) is 1. The molecule has 3 atom stereocenters. The largest absolute Gasteiger partial charge is 0.347 e. The summed E-state index contributed by atoms with van der Waals surface area (Å²) >= 11 is 0. The summed E-state index contributed by atoms with van der Waals surface area (Å²) in [6.07, 6.45) is 0.613. The van der Waals surface area contributed by atoms with Crippen LogP contribution in [0.25, 0.3) is 0 Å². The molecule has 0 aromatic heterocycles. The Morgan fingerprint density at radius 3 is 2.37 bits per heavy atom. The molecule has 0 radical (unpaired) electrons. The highest BCUT2D eigenvalue weighted by molar-refractivity contribution is 5.89. The van der Waals surface area contributed by atoms with E-state index in [0.29, 0.717) is 12.0 Å². The van der Waals surface area contributed by atoms with Crippen molar-refractivity contribution in [1.82, 2.24) is 15.7 Å².